The number of alkyl halides is 3. The molecule has 0 aliphatic heterocycles. The Morgan fingerprint density at radius 2 is 1.69 bits per heavy atom. The number of halogens is 3. The van der Waals surface area contributed by atoms with Gasteiger partial charge in [0.15, 0.2) is 0 Å². The van der Waals surface area contributed by atoms with E-state index in [0.717, 1.165) is 22.9 Å². The van der Waals surface area contributed by atoms with Crippen LogP contribution in [0.4, 0.5) is 13.2 Å². The summed E-state index contributed by atoms with van der Waals surface area (Å²) in [5.41, 5.74) is -2.93. The molecular formula is C24H21F3N4O5. The van der Waals surface area contributed by atoms with Crippen LogP contribution in [-0.2, 0) is 26.3 Å². The molecule has 9 nitrogen and oxygen atoms in total. The maximum atomic E-state index is 13.4. The Hall–Kier alpha value is -4.35. The first kappa shape index (κ1) is 24.8. The predicted octanol–water partition coefficient (Wildman–Crippen LogP) is 2.75. The molecule has 12 heteroatoms. The number of benzene rings is 2. The van der Waals surface area contributed by atoms with Crippen LogP contribution in [0, 0.1) is 6.92 Å². The monoisotopic (exact) mass is 502 g/mol. The number of aromatic nitrogens is 4. The summed E-state index contributed by atoms with van der Waals surface area (Å²) in [5.74, 6) is -1.60. The highest BCUT2D eigenvalue weighted by molar-refractivity contribution is 5.87. The van der Waals surface area contributed by atoms with E-state index in [4.69, 9.17) is 0 Å². The highest BCUT2D eigenvalue weighted by atomic mass is 19.4. The number of rotatable bonds is 5. The van der Waals surface area contributed by atoms with Gasteiger partial charge in [-0.3, -0.25) is 23.1 Å². The van der Waals surface area contributed by atoms with Crippen molar-refractivity contribution in [3.05, 3.63) is 96.2 Å². The zero-order valence-corrected chi connectivity index (χ0v) is 19.5. The van der Waals surface area contributed by atoms with Crippen molar-refractivity contribution >= 4 is 17.0 Å². The van der Waals surface area contributed by atoms with Crippen LogP contribution in [-0.4, -0.2) is 29.3 Å². The fourth-order valence-corrected chi connectivity index (χ4v) is 4.26. The van der Waals surface area contributed by atoms with Crippen molar-refractivity contribution in [2.45, 2.75) is 33.1 Å². The first-order valence-corrected chi connectivity index (χ1v) is 10.8. The van der Waals surface area contributed by atoms with Crippen LogP contribution in [0.5, 0.6) is 0 Å². The van der Waals surface area contributed by atoms with Crippen LogP contribution in [0.15, 0.2) is 57.0 Å². The minimum absolute atomic E-state index is 0.0384. The van der Waals surface area contributed by atoms with E-state index in [0.29, 0.717) is 22.1 Å². The lowest BCUT2D eigenvalue weighted by atomic mass is 10.0. The molecule has 1 N–H and O–H groups in total. The number of nitrogens with zero attached hydrogens (tertiary/aromatic N) is 4. The lowest BCUT2D eigenvalue weighted by Crippen LogP contribution is -2.42. The van der Waals surface area contributed by atoms with Gasteiger partial charge in [-0.25, -0.2) is 14.4 Å². The second-order valence-corrected chi connectivity index (χ2v) is 8.24. The maximum Gasteiger partial charge on any atom is 0.416 e. The van der Waals surface area contributed by atoms with E-state index in [1.165, 1.54) is 34.3 Å². The normalized spacial score (nSPS) is 11.8. The average Bonchev–Trinajstić information content (AvgIpc) is 3.05. The third-order valence-electron chi connectivity index (χ3n) is 6.20. The first-order chi connectivity index (χ1) is 16.9. The Balaban J connectivity index is 1.97. The summed E-state index contributed by atoms with van der Waals surface area (Å²) in [6.07, 6.45) is -3.77. The van der Waals surface area contributed by atoms with E-state index < -0.39 is 41.1 Å². The third kappa shape index (κ3) is 3.93. The zero-order valence-electron chi connectivity index (χ0n) is 19.5. The number of hydrogen-bond acceptors (Lipinski definition) is 4. The Labute approximate surface area is 200 Å². The molecule has 0 bridgehead atoms. The number of imidazole rings is 1. The van der Waals surface area contributed by atoms with Gasteiger partial charge in [0, 0.05) is 19.8 Å². The van der Waals surface area contributed by atoms with E-state index in [1.54, 1.807) is 20.0 Å². The van der Waals surface area contributed by atoms with Gasteiger partial charge in [0.05, 0.1) is 28.8 Å². The molecule has 4 aromatic rings. The van der Waals surface area contributed by atoms with Gasteiger partial charge >= 0.3 is 23.5 Å². The minimum Gasteiger partial charge on any atom is -0.477 e. The molecule has 0 saturated heterocycles. The van der Waals surface area contributed by atoms with Crippen LogP contribution in [0.25, 0.3) is 16.7 Å². The smallest absolute Gasteiger partial charge is 0.416 e. The molecule has 36 heavy (non-hydrogen) atoms. The van der Waals surface area contributed by atoms with E-state index in [2.05, 4.69) is 0 Å². The summed E-state index contributed by atoms with van der Waals surface area (Å²) in [6, 6.07) is 7.96. The molecule has 2 aromatic heterocycles. The second-order valence-electron chi connectivity index (χ2n) is 8.24. The van der Waals surface area contributed by atoms with Gasteiger partial charge in [0.25, 0.3) is 5.56 Å². The first-order valence-electron chi connectivity index (χ1n) is 10.8. The molecule has 0 spiro atoms. The summed E-state index contributed by atoms with van der Waals surface area (Å²) >= 11 is 0. The van der Waals surface area contributed by atoms with Gasteiger partial charge in [-0.1, -0.05) is 12.1 Å². The molecule has 0 saturated carbocycles. The number of carboxylic acid groups (broad SMARTS) is 1. The number of aromatic carboxylic acids is 1. The molecular weight excluding hydrogens is 481 g/mol. The average molecular weight is 502 g/mol. The molecule has 0 fully saturated rings. The number of carbonyl (C=O) groups is 1. The topological polar surface area (TPSA) is 108 Å². The summed E-state index contributed by atoms with van der Waals surface area (Å²) in [7, 11) is 1.59. The zero-order chi connectivity index (χ0) is 26.5. The van der Waals surface area contributed by atoms with Gasteiger partial charge in [-0.2, -0.15) is 13.2 Å². The van der Waals surface area contributed by atoms with Crippen LogP contribution in [0.1, 0.15) is 34.0 Å². The molecule has 0 aliphatic rings. The number of fused-ring (bicyclic) bond motifs is 1. The fraction of sp³-hybridized carbons (Fsp3) is 0.250. The third-order valence-corrected chi connectivity index (χ3v) is 6.20. The highest BCUT2D eigenvalue weighted by Gasteiger charge is 2.33. The molecule has 4 rings (SSSR count). The van der Waals surface area contributed by atoms with Gasteiger partial charge in [-0.05, 0) is 49.2 Å². The van der Waals surface area contributed by atoms with E-state index >= 15 is 0 Å². The van der Waals surface area contributed by atoms with Crippen molar-refractivity contribution in [1.82, 2.24) is 18.3 Å². The quantitative estimate of drug-likeness (QED) is 0.452. The SMILES string of the molecule is CCn1c(=O)n(C)c2ccc(-n3cc(C(=O)O)c(=O)n(Cc4cccc(C(F)(F)F)c4C)c3=O)cc21. The summed E-state index contributed by atoms with van der Waals surface area (Å²) < 4.78 is 44.5. The predicted molar refractivity (Wildman–Crippen MR) is 125 cm³/mol. The lowest BCUT2D eigenvalue weighted by molar-refractivity contribution is -0.138. The number of carboxylic acids is 1. The van der Waals surface area contributed by atoms with Crippen LogP contribution >= 0.6 is 0 Å². The molecule has 0 aliphatic carbocycles. The number of aryl methyl sites for hydroxylation is 2. The molecule has 0 atom stereocenters. The maximum absolute atomic E-state index is 13.4. The summed E-state index contributed by atoms with van der Waals surface area (Å²) in [6.45, 7) is 2.75. The van der Waals surface area contributed by atoms with Crippen molar-refractivity contribution in [3.63, 3.8) is 0 Å². The Bertz CT molecular complexity index is 1710. The molecule has 0 unspecified atom stereocenters. The van der Waals surface area contributed by atoms with Gasteiger partial charge in [0.2, 0.25) is 0 Å². The lowest BCUT2D eigenvalue weighted by Gasteiger charge is -2.16. The van der Waals surface area contributed by atoms with Crippen LogP contribution in [0.3, 0.4) is 0 Å². The molecule has 0 radical (unpaired) electrons. The summed E-state index contributed by atoms with van der Waals surface area (Å²) in [5, 5.41) is 9.59. The van der Waals surface area contributed by atoms with E-state index in [-0.39, 0.29) is 22.5 Å². The standard InChI is InChI=1S/C24H21F3N4O5/c1-4-29-19-10-15(8-9-18(19)28(3)22(29)35)30-12-16(21(33)34)20(32)31(23(30)36)11-14-6-5-7-17(13(14)2)24(25,26)27/h5-10,12H,4,11H2,1-3H3,(H,33,34). The fourth-order valence-electron chi connectivity index (χ4n) is 4.26. The van der Waals surface area contributed by atoms with Crippen molar-refractivity contribution in [2.75, 3.05) is 0 Å². The van der Waals surface area contributed by atoms with Crippen molar-refractivity contribution in [2.24, 2.45) is 7.05 Å². The van der Waals surface area contributed by atoms with Crippen molar-refractivity contribution in [3.8, 4) is 5.69 Å². The molecule has 2 aromatic carbocycles. The Morgan fingerprint density at radius 3 is 2.31 bits per heavy atom. The van der Waals surface area contributed by atoms with Gasteiger partial charge in [-0.15, -0.1) is 0 Å². The van der Waals surface area contributed by atoms with Gasteiger partial charge < -0.3 is 5.11 Å². The van der Waals surface area contributed by atoms with E-state index in [9.17, 15) is 37.5 Å². The largest absolute Gasteiger partial charge is 0.477 e. The van der Waals surface area contributed by atoms with Crippen molar-refractivity contribution < 1.29 is 23.1 Å². The van der Waals surface area contributed by atoms with Crippen LogP contribution in [0.2, 0.25) is 0 Å². The van der Waals surface area contributed by atoms with Crippen molar-refractivity contribution in [1.29, 1.82) is 0 Å². The van der Waals surface area contributed by atoms with Crippen LogP contribution < -0.4 is 16.9 Å². The van der Waals surface area contributed by atoms with E-state index in [1.807, 2.05) is 0 Å². The number of hydrogen-bond donors (Lipinski definition) is 1. The molecule has 188 valence electrons. The molecule has 0 amide bonds. The Kier molecular flexibility index (Phi) is 5.99. The molecule has 2 heterocycles. The highest BCUT2D eigenvalue weighted by Crippen LogP contribution is 2.33. The van der Waals surface area contributed by atoms with Gasteiger partial charge in [0.1, 0.15) is 5.56 Å². The second kappa shape index (κ2) is 8.70. The Morgan fingerprint density at radius 1 is 1.00 bits per heavy atom. The minimum atomic E-state index is -4.64. The summed E-state index contributed by atoms with van der Waals surface area (Å²) in [4.78, 5) is 50.5.